The van der Waals surface area contributed by atoms with Gasteiger partial charge in [-0.3, -0.25) is 0 Å². The van der Waals surface area contributed by atoms with E-state index in [1.165, 1.54) is 5.56 Å². The van der Waals surface area contributed by atoms with E-state index in [1.54, 1.807) is 11.3 Å². The van der Waals surface area contributed by atoms with E-state index in [-0.39, 0.29) is 6.04 Å². The van der Waals surface area contributed by atoms with Gasteiger partial charge in [-0.2, -0.15) is 11.3 Å². The highest BCUT2D eigenvalue weighted by Gasteiger charge is 2.14. The first kappa shape index (κ1) is 12.5. The zero-order chi connectivity index (χ0) is 13.1. The van der Waals surface area contributed by atoms with Gasteiger partial charge >= 0.3 is 0 Å². The fourth-order valence-electron chi connectivity index (χ4n) is 2.21. The number of fused-ring (bicyclic) bond motifs is 1. The van der Waals surface area contributed by atoms with Gasteiger partial charge in [0, 0.05) is 6.04 Å². The van der Waals surface area contributed by atoms with E-state index < -0.39 is 0 Å². The number of rotatable bonds is 4. The Hall–Kier alpha value is -1.52. The van der Waals surface area contributed by atoms with Crippen LogP contribution in [0.25, 0.3) is 0 Å². The molecule has 1 unspecified atom stereocenters. The molecule has 4 heteroatoms. The quantitative estimate of drug-likeness (QED) is 0.932. The number of benzene rings is 1. The second kappa shape index (κ2) is 5.63. The van der Waals surface area contributed by atoms with Gasteiger partial charge in [-0.05, 0) is 52.9 Å². The second-order valence-electron chi connectivity index (χ2n) is 4.68. The van der Waals surface area contributed by atoms with Crippen molar-refractivity contribution >= 4 is 11.3 Å². The van der Waals surface area contributed by atoms with Gasteiger partial charge in [0.1, 0.15) is 13.2 Å². The highest BCUT2D eigenvalue weighted by Crippen LogP contribution is 2.33. The molecule has 1 atom stereocenters. The molecule has 0 spiro atoms. The summed E-state index contributed by atoms with van der Waals surface area (Å²) >= 11 is 1.73. The molecule has 0 bridgehead atoms. The molecule has 100 valence electrons. The van der Waals surface area contributed by atoms with Gasteiger partial charge < -0.3 is 15.2 Å². The van der Waals surface area contributed by atoms with Crippen molar-refractivity contribution in [3.8, 4) is 11.5 Å². The summed E-state index contributed by atoms with van der Waals surface area (Å²) in [5, 5.41) is 4.28. The van der Waals surface area contributed by atoms with E-state index in [2.05, 4.69) is 16.8 Å². The van der Waals surface area contributed by atoms with Crippen LogP contribution in [0.1, 0.15) is 23.6 Å². The summed E-state index contributed by atoms with van der Waals surface area (Å²) in [5.74, 6) is 1.63. The van der Waals surface area contributed by atoms with Crippen molar-refractivity contribution in [2.24, 2.45) is 5.73 Å². The topological polar surface area (TPSA) is 44.5 Å². The highest BCUT2D eigenvalue weighted by molar-refractivity contribution is 7.07. The Morgan fingerprint density at radius 2 is 2.00 bits per heavy atom. The van der Waals surface area contributed by atoms with Crippen LogP contribution in [-0.2, 0) is 6.42 Å². The van der Waals surface area contributed by atoms with Gasteiger partial charge in [-0.1, -0.05) is 6.07 Å². The van der Waals surface area contributed by atoms with Crippen LogP contribution in [0.5, 0.6) is 11.5 Å². The van der Waals surface area contributed by atoms with Crippen molar-refractivity contribution in [1.29, 1.82) is 0 Å². The van der Waals surface area contributed by atoms with Gasteiger partial charge in [0.2, 0.25) is 0 Å². The maximum atomic E-state index is 6.25. The molecule has 1 aliphatic heterocycles. The SMILES string of the molecule is NC(CCc1ccsc1)c1ccc2c(c1)OCCO2. The Morgan fingerprint density at radius 1 is 1.16 bits per heavy atom. The molecule has 0 radical (unpaired) electrons. The van der Waals surface area contributed by atoms with Crippen molar-refractivity contribution in [2.75, 3.05) is 13.2 Å². The summed E-state index contributed by atoms with van der Waals surface area (Å²) in [6, 6.07) is 8.18. The standard InChI is InChI=1S/C15H17NO2S/c16-13(3-1-11-5-8-19-10-11)12-2-4-14-15(9-12)18-7-6-17-14/h2,4-5,8-10,13H,1,3,6-7,16H2. The normalized spacial score (nSPS) is 15.2. The summed E-state index contributed by atoms with van der Waals surface area (Å²) in [6.45, 7) is 1.23. The van der Waals surface area contributed by atoms with E-state index in [1.807, 2.05) is 18.2 Å². The minimum atomic E-state index is 0.0377. The van der Waals surface area contributed by atoms with Crippen LogP contribution < -0.4 is 15.2 Å². The monoisotopic (exact) mass is 275 g/mol. The zero-order valence-corrected chi connectivity index (χ0v) is 11.5. The zero-order valence-electron chi connectivity index (χ0n) is 10.7. The Kier molecular flexibility index (Phi) is 3.71. The van der Waals surface area contributed by atoms with Crippen LogP contribution >= 0.6 is 11.3 Å². The van der Waals surface area contributed by atoms with Crippen molar-refractivity contribution in [3.05, 3.63) is 46.2 Å². The molecule has 0 amide bonds. The van der Waals surface area contributed by atoms with Crippen molar-refractivity contribution < 1.29 is 9.47 Å². The average Bonchev–Trinajstić information content (AvgIpc) is 2.97. The summed E-state index contributed by atoms with van der Waals surface area (Å²) in [7, 11) is 0. The molecule has 1 aromatic carbocycles. The first-order chi connectivity index (χ1) is 9.33. The summed E-state index contributed by atoms with van der Waals surface area (Å²) < 4.78 is 11.1. The van der Waals surface area contributed by atoms with Gasteiger partial charge in [0.05, 0.1) is 0 Å². The van der Waals surface area contributed by atoms with E-state index in [4.69, 9.17) is 15.2 Å². The van der Waals surface area contributed by atoms with Crippen LogP contribution in [0.4, 0.5) is 0 Å². The Labute approximate surface area is 117 Å². The first-order valence-electron chi connectivity index (χ1n) is 6.49. The molecule has 1 aliphatic rings. The Morgan fingerprint density at radius 3 is 2.79 bits per heavy atom. The number of hydrogen-bond acceptors (Lipinski definition) is 4. The third kappa shape index (κ3) is 2.91. The largest absolute Gasteiger partial charge is 0.486 e. The summed E-state index contributed by atoms with van der Waals surface area (Å²) in [4.78, 5) is 0. The number of thiophene rings is 1. The molecule has 0 aliphatic carbocycles. The molecule has 19 heavy (non-hydrogen) atoms. The molecule has 2 heterocycles. The second-order valence-corrected chi connectivity index (χ2v) is 5.46. The van der Waals surface area contributed by atoms with Crippen LogP contribution in [0.15, 0.2) is 35.0 Å². The van der Waals surface area contributed by atoms with Gasteiger partial charge in [0.15, 0.2) is 11.5 Å². The summed E-state index contributed by atoms with van der Waals surface area (Å²) in [6.07, 6.45) is 1.95. The molecule has 3 rings (SSSR count). The Balaban J connectivity index is 1.67. The smallest absolute Gasteiger partial charge is 0.161 e. The van der Waals surface area contributed by atoms with Crippen LogP contribution in [-0.4, -0.2) is 13.2 Å². The lowest BCUT2D eigenvalue weighted by Crippen LogP contribution is -2.17. The summed E-state index contributed by atoms with van der Waals surface area (Å²) in [5.41, 5.74) is 8.72. The van der Waals surface area contributed by atoms with E-state index in [0.29, 0.717) is 13.2 Å². The van der Waals surface area contributed by atoms with E-state index in [9.17, 15) is 0 Å². The third-order valence-electron chi connectivity index (χ3n) is 3.32. The fourth-order valence-corrected chi connectivity index (χ4v) is 2.92. The average molecular weight is 275 g/mol. The predicted molar refractivity (Wildman–Crippen MR) is 77.0 cm³/mol. The minimum Gasteiger partial charge on any atom is -0.486 e. The Bertz CT molecular complexity index is 539. The van der Waals surface area contributed by atoms with Crippen molar-refractivity contribution in [1.82, 2.24) is 0 Å². The predicted octanol–water partition coefficient (Wildman–Crippen LogP) is 3.15. The molecular formula is C15H17NO2S. The fraction of sp³-hybridized carbons (Fsp3) is 0.333. The maximum absolute atomic E-state index is 6.25. The molecule has 0 saturated carbocycles. The van der Waals surface area contributed by atoms with E-state index >= 15 is 0 Å². The first-order valence-corrected chi connectivity index (χ1v) is 7.43. The molecular weight excluding hydrogens is 258 g/mol. The van der Waals surface area contributed by atoms with E-state index in [0.717, 1.165) is 29.9 Å². The number of aryl methyl sites for hydroxylation is 1. The molecule has 0 fully saturated rings. The highest BCUT2D eigenvalue weighted by atomic mass is 32.1. The lowest BCUT2D eigenvalue weighted by atomic mass is 10.0. The van der Waals surface area contributed by atoms with Crippen LogP contribution in [0.3, 0.4) is 0 Å². The van der Waals surface area contributed by atoms with Crippen molar-refractivity contribution in [3.63, 3.8) is 0 Å². The number of nitrogens with two attached hydrogens (primary N) is 1. The van der Waals surface area contributed by atoms with Crippen LogP contribution in [0.2, 0.25) is 0 Å². The lowest BCUT2D eigenvalue weighted by molar-refractivity contribution is 0.171. The molecule has 2 N–H and O–H groups in total. The molecule has 3 nitrogen and oxygen atoms in total. The maximum Gasteiger partial charge on any atom is 0.161 e. The van der Waals surface area contributed by atoms with Crippen molar-refractivity contribution in [2.45, 2.75) is 18.9 Å². The van der Waals surface area contributed by atoms with Crippen LogP contribution in [0, 0.1) is 0 Å². The number of ether oxygens (including phenoxy) is 2. The minimum absolute atomic E-state index is 0.0377. The third-order valence-corrected chi connectivity index (χ3v) is 4.05. The molecule has 1 aromatic heterocycles. The van der Waals surface area contributed by atoms with Gasteiger partial charge in [0.25, 0.3) is 0 Å². The van der Waals surface area contributed by atoms with Gasteiger partial charge in [-0.25, -0.2) is 0 Å². The lowest BCUT2D eigenvalue weighted by Gasteiger charge is -2.20. The van der Waals surface area contributed by atoms with Gasteiger partial charge in [-0.15, -0.1) is 0 Å². The molecule has 2 aromatic rings. The molecule has 0 saturated heterocycles. The number of hydrogen-bond donors (Lipinski definition) is 1.